The van der Waals surface area contributed by atoms with Gasteiger partial charge in [0, 0.05) is 0 Å². The van der Waals surface area contributed by atoms with E-state index in [1.807, 2.05) is 31.2 Å². The maximum atomic E-state index is 10.6. The Morgan fingerprint density at radius 3 is 2.26 bits per heavy atom. The summed E-state index contributed by atoms with van der Waals surface area (Å²) in [4.78, 5) is 0. The molecule has 0 saturated heterocycles. The highest BCUT2D eigenvalue weighted by atomic mass is 16.3. The second-order valence-corrected chi connectivity index (χ2v) is 5.43. The highest BCUT2D eigenvalue weighted by Crippen LogP contribution is 2.28. The van der Waals surface area contributed by atoms with E-state index in [1.165, 1.54) is 5.56 Å². The molecule has 1 N–H and O–H groups in total. The van der Waals surface area contributed by atoms with Gasteiger partial charge in [-0.25, -0.2) is 0 Å². The summed E-state index contributed by atoms with van der Waals surface area (Å²) in [6.45, 7) is 3.97. The van der Waals surface area contributed by atoms with E-state index in [0.29, 0.717) is 0 Å². The first-order valence-corrected chi connectivity index (χ1v) is 6.92. The van der Waals surface area contributed by atoms with Crippen molar-refractivity contribution in [2.24, 2.45) is 0 Å². The molecule has 0 saturated carbocycles. The molecule has 0 spiro atoms. The van der Waals surface area contributed by atoms with Crippen LogP contribution in [0.3, 0.4) is 0 Å². The second-order valence-electron chi connectivity index (χ2n) is 5.43. The summed E-state index contributed by atoms with van der Waals surface area (Å²) in [6.07, 6.45) is 2.79. The van der Waals surface area contributed by atoms with Crippen LogP contribution in [0.1, 0.15) is 36.5 Å². The molecular formula is C18H22O. The van der Waals surface area contributed by atoms with Gasteiger partial charge in [-0.3, -0.25) is 0 Å². The third kappa shape index (κ3) is 3.68. The lowest BCUT2D eigenvalue weighted by Crippen LogP contribution is -2.22. The fraction of sp³-hybridized carbons (Fsp3) is 0.333. The minimum atomic E-state index is -0.736. The number of rotatable bonds is 5. The number of aliphatic hydroxyl groups is 1. The predicted octanol–water partition coefficient (Wildman–Crippen LogP) is 4.23. The molecule has 0 fully saturated rings. The Morgan fingerprint density at radius 2 is 1.58 bits per heavy atom. The quantitative estimate of drug-likeness (QED) is 0.846. The summed E-state index contributed by atoms with van der Waals surface area (Å²) >= 11 is 0. The van der Waals surface area contributed by atoms with E-state index in [2.05, 4.69) is 37.3 Å². The maximum absolute atomic E-state index is 10.6. The predicted molar refractivity (Wildman–Crippen MR) is 80.1 cm³/mol. The maximum Gasteiger partial charge on any atom is 0.0871 e. The van der Waals surface area contributed by atoms with Crippen LogP contribution in [0.2, 0.25) is 0 Å². The molecule has 1 atom stereocenters. The smallest absolute Gasteiger partial charge is 0.0871 e. The highest BCUT2D eigenvalue weighted by molar-refractivity contribution is 5.30. The van der Waals surface area contributed by atoms with E-state index in [-0.39, 0.29) is 0 Å². The van der Waals surface area contributed by atoms with Gasteiger partial charge in [0.15, 0.2) is 0 Å². The minimum absolute atomic E-state index is 0.736. The molecule has 1 nitrogen and oxygen atoms in total. The number of hydrogen-bond acceptors (Lipinski definition) is 1. The van der Waals surface area contributed by atoms with Gasteiger partial charge < -0.3 is 5.11 Å². The number of hydrogen-bond donors (Lipinski definition) is 1. The zero-order valence-corrected chi connectivity index (χ0v) is 11.8. The van der Waals surface area contributed by atoms with Crippen LogP contribution in [-0.4, -0.2) is 5.11 Å². The van der Waals surface area contributed by atoms with E-state index in [9.17, 15) is 5.11 Å². The first kappa shape index (κ1) is 13.8. The van der Waals surface area contributed by atoms with Crippen LogP contribution >= 0.6 is 0 Å². The molecule has 2 aromatic carbocycles. The zero-order valence-electron chi connectivity index (χ0n) is 11.8. The van der Waals surface area contributed by atoms with E-state index < -0.39 is 5.60 Å². The SMILES string of the molecule is Cc1ccccc1C(C)(O)CCCc1ccccc1. The molecular weight excluding hydrogens is 232 g/mol. The van der Waals surface area contributed by atoms with Crippen molar-refractivity contribution < 1.29 is 5.11 Å². The van der Waals surface area contributed by atoms with Crippen molar-refractivity contribution in [3.8, 4) is 0 Å². The molecule has 0 aliphatic carbocycles. The molecule has 0 aliphatic heterocycles. The van der Waals surface area contributed by atoms with Gasteiger partial charge in [0.2, 0.25) is 0 Å². The standard InChI is InChI=1S/C18H22O/c1-15-9-6-7-13-17(15)18(2,19)14-8-12-16-10-4-3-5-11-16/h3-7,9-11,13,19H,8,12,14H2,1-2H3. The van der Waals surface area contributed by atoms with Gasteiger partial charge in [0.1, 0.15) is 0 Å². The van der Waals surface area contributed by atoms with Crippen LogP contribution in [0.4, 0.5) is 0 Å². The van der Waals surface area contributed by atoms with Crippen LogP contribution in [0.5, 0.6) is 0 Å². The molecule has 2 aromatic rings. The molecule has 0 amide bonds. The minimum Gasteiger partial charge on any atom is -0.385 e. The summed E-state index contributed by atoms with van der Waals surface area (Å²) < 4.78 is 0. The van der Waals surface area contributed by atoms with Gasteiger partial charge in [-0.05, 0) is 49.8 Å². The van der Waals surface area contributed by atoms with E-state index >= 15 is 0 Å². The monoisotopic (exact) mass is 254 g/mol. The lowest BCUT2D eigenvalue weighted by atomic mass is 9.87. The molecule has 0 bridgehead atoms. The molecule has 0 aliphatic rings. The van der Waals surface area contributed by atoms with E-state index in [4.69, 9.17) is 0 Å². The molecule has 0 heterocycles. The van der Waals surface area contributed by atoms with Crippen molar-refractivity contribution in [2.75, 3.05) is 0 Å². The van der Waals surface area contributed by atoms with Crippen LogP contribution in [0.15, 0.2) is 54.6 Å². The van der Waals surface area contributed by atoms with Gasteiger partial charge in [0.05, 0.1) is 5.60 Å². The fourth-order valence-corrected chi connectivity index (χ4v) is 2.59. The third-order valence-electron chi connectivity index (χ3n) is 3.70. The molecule has 19 heavy (non-hydrogen) atoms. The number of aryl methyl sites for hydroxylation is 2. The summed E-state index contributed by atoms with van der Waals surface area (Å²) in [7, 11) is 0. The Labute approximate surface area is 115 Å². The van der Waals surface area contributed by atoms with Crippen molar-refractivity contribution >= 4 is 0 Å². The topological polar surface area (TPSA) is 20.2 Å². The summed E-state index contributed by atoms with van der Waals surface area (Å²) in [5.41, 5.74) is 2.80. The lowest BCUT2D eigenvalue weighted by Gasteiger charge is -2.25. The summed E-state index contributed by atoms with van der Waals surface area (Å²) in [5.74, 6) is 0. The highest BCUT2D eigenvalue weighted by Gasteiger charge is 2.23. The van der Waals surface area contributed by atoms with Crippen LogP contribution in [-0.2, 0) is 12.0 Å². The Hall–Kier alpha value is -1.60. The van der Waals surface area contributed by atoms with Crippen molar-refractivity contribution in [1.29, 1.82) is 0 Å². The van der Waals surface area contributed by atoms with E-state index in [1.54, 1.807) is 0 Å². The van der Waals surface area contributed by atoms with Gasteiger partial charge in [-0.1, -0.05) is 54.6 Å². The summed E-state index contributed by atoms with van der Waals surface area (Å²) in [5, 5.41) is 10.6. The largest absolute Gasteiger partial charge is 0.385 e. The third-order valence-corrected chi connectivity index (χ3v) is 3.70. The number of benzene rings is 2. The second kappa shape index (κ2) is 6.03. The Balaban J connectivity index is 1.97. The Bertz CT molecular complexity index is 514. The molecule has 1 unspecified atom stereocenters. The van der Waals surface area contributed by atoms with E-state index in [0.717, 1.165) is 30.4 Å². The van der Waals surface area contributed by atoms with Gasteiger partial charge in [0.25, 0.3) is 0 Å². The van der Waals surface area contributed by atoms with Crippen LogP contribution in [0.25, 0.3) is 0 Å². The Morgan fingerprint density at radius 1 is 0.947 bits per heavy atom. The lowest BCUT2D eigenvalue weighted by molar-refractivity contribution is 0.0450. The first-order chi connectivity index (χ1) is 9.09. The van der Waals surface area contributed by atoms with Gasteiger partial charge in [-0.2, -0.15) is 0 Å². The first-order valence-electron chi connectivity index (χ1n) is 6.92. The normalized spacial score (nSPS) is 14.1. The molecule has 1 heteroatoms. The zero-order chi connectivity index (χ0) is 13.7. The van der Waals surface area contributed by atoms with Gasteiger partial charge in [-0.15, -0.1) is 0 Å². The Kier molecular flexibility index (Phi) is 4.39. The molecule has 2 rings (SSSR count). The summed E-state index contributed by atoms with van der Waals surface area (Å²) in [6, 6.07) is 18.5. The average molecular weight is 254 g/mol. The average Bonchev–Trinajstić information content (AvgIpc) is 2.40. The van der Waals surface area contributed by atoms with Crippen LogP contribution < -0.4 is 0 Å². The molecule has 100 valence electrons. The van der Waals surface area contributed by atoms with Crippen LogP contribution in [0, 0.1) is 6.92 Å². The van der Waals surface area contributed by atoms with Gasteiger partial charge >= 0.3 is 0 Å². The van der Waals surface area contributed by atoms with Crippen molar-refractivity contribution in [3.05, 3.63) is 71.3 Å². The molecule has 0 aromatic heterocycles. The molecule has 0 radical (unpaired) electrons. The van der Waals surface area contributed by atoms with Crippen molar-refractivity contribution in [3.63, 3.8) is 0 Å². The van der Waals surface area contributed by atoms with Crippen molar-refractivity contribution in [2.45, 2.75) is 38.7 Å². The fourth-order valence-electron chi connectivity index (χ4n) is 2.59. The van der Waals surface area contributed by atoms with Crippen molar-refractivity contribution in [1.82, 2.24) is 0 Å².